The highest BCUT2D eigenvalue weighted by Gasteiger charge is 2.12. The van der Waals surface area contributed by atoms with Crippen molar-refractivity contribution in [2.45, 2.75) is 5.75 Å². The van der Waals surface area contributed by atoms with Gasteiger partial charge in [-0.2, -0.15) is 0 Å². The predicted octanol–water partition coefficient (Wildman–Crippen LogP) is 2.10. The van der Waals surface area contributed by atoms with E-state index in [0.29, 0.717) is 0 Å². The quantitative estimate of drug-likeness (QED) is 0.888. The summed E-state index contributed by atoms with van der Waals surface area (Å²) in [7, 11) is 0.309. The first-order valence-electron chi connectivity index (χ1n) is 6.46. The molecular weight excluding hydrogens is 286 g/mol. The Morgan fingerprint density at radius 2 is 1.71 bits per heavy atom. The zero-order valence-corrected chi connectivity index (χ0v) is 12.6. The number of para-hydroxylation sites is 1. The number of amides is 1. The summed E-state index contributed by atoms with van der Waals surface area (Å²) >= 11 is 0. The summed E-state index contributed by atoms with van der Waals surface area (Å²) in [6, 6.07) is 15.3. The maximum Gasteiger partial charge on any atom is 0.230 e. The molecule has 0 unspecified atom stereocenters. The third-order valence-corrected chi connectivity index (χ3v) is 4.27. The average Bonchev–Trinajstić information content (AvgIpc) is 2.47. The van der Waals surface area contributed by atoms with Gasteiger partial charge in [-0.3, -0.25) is 9.00 Å². The van der Waals surface area contributed by atoms with Gasteiger partial charge in [-0.1, -0.05) is 42.5 Å². The van der Waals surface area contributed by atoms with E-state index in [1.807, 2.05) is 48.5 Å². The summed E-state index contributed by atoms with van der Waals surface area (Å²) in [5.41, 5.74) is 7.88. The van der Waals surface area contributed by atoms with E-state index in [9.17, 15) is 9.00 Å². The van der Waals surface area contributed by atoms with Crippen LogP contribution in [0.4, 0.5) is 0 Å². The summed E-state index contributed by atoms with van der Waals surface area (Å²) < 4.78 is 17.3. The van der Waals surface area contributed by atoms with Crippen molar-refractivity contribution in [2.24, 2.45) is 5.73 Å². The lowest BCUT2D eigenvalue weighted by Gasteiger charge is -2.12. The lowest BCUT2D eigenvalue weighted by atomic mass is 10.00. The first kappa shape index (κ1) is 15.3. The van der Waals surface area contributed by atoms with E-state index in [4.69, 9.17) is 10.5 Å². The Morgan fingerprint density at radius 3 is 2.38 bits per heavy atom. The SMILES string of the molecule is COc1ccccc1-c1ccccc1C[S@@](=O)CC(N)=O. The molecule has 0 heterocycles. The van der Waals surface area contributed by atoms with Crippen molar-refractivity contribution in [1.82, 2.24) is 0 Å². The van der Waals surface area contributed by atoms with Crippen LogP contribution < -0.4 is 10.5 Å². The first-order chi connectivity index (χ1) is 10.1. The van der Waals surface area contributed by atoms with Gasteiger partial charge in [-0.15, -0.1) is 0 Å². The highest BCUT2D eigenvalue weighted by atomic mass is 32.2. The van der Waals surface area contributed by atoms with Gasteiger partial charge >= 0.3 is 0 Å². The number of nitrogens with two attached hydrogens (primary N) is 1. The second-order valence-electron chi connectivity index (χ2n) is 4.55. The fourth-order valence-corrected chi connectivity index (χ4v) is 3.18. The zero-order chi connectivity index (χ0) is 15.2. The van der Waals surface area contributed by atoms with Crippen LogP contribution in [0.1, 0.15) is 5.56 Å². The van der Waals surface area contributed by atoms with E-state index in [2.05, 4.69) is 0 Å². The topological polar surface area (TPSA) is 69.4 Å². The van der Waals surface area contributed by atoms with Gasteiger partial charge in [0.2, 0.25) is 5.91 Å². The van der Waals surface area contributed by atoms with Crippen molar-refractivity contribution in [3.05, 3.63) is 54.1 Å². The van der Waals surface area contributed by atoms with Gasteiger partial charge in [-0.05, 0) is 17.2 Å². The lowest BCUT2D eigenvalue weighted by Crippen LogP contribution is -2.20. The van der Waals surface area contributed by atoms with Gasteiger partial charge in [0.1, 0.15) is 11.5 Å². The summed E-state index contributed by atoms with van der Waals surface area (Å²) in [6.45, 7) is 0. The number of carbonyl (C=O) groups is 1. The Bertz CT molecular complexity index is 670. The second kappa shape index (κ2) is 7.04. The van der Waals surface area contributed by atoms with E-state index < -0.39 is 16.7 Å². The molecule has 4 nitrogen and oxygen atoms in total. The van der Waals surface area contributed by atoms with E-state index in [1.165, 1.54) is 0 Å². The normalized spacial score (nSPS) is 11.9. The number of rotatable bonds is 6. The number of ether oxygens (including phenoxy) is 1. The molecule has 0 saturated carbocycles. The number of hydrogen-bond acceptors (Lipinski definition) is 3. The molecule has 21 heavy (non-hydrogen) atoms. The molecule has 0 aromatic heterocycles. The fourth-order valence-electron chi connectivity index (χ4n) is 2.16. The molecule has 2 rings (SSSR count). The van der Waals surface area contributed by atoms with Gasteiger partial charge < -0.3 is 10.5 Å². The van der Waals surface area contributed by atoms with Gasteiger partial charge in [-0.25, -0.2) is 0 Å². The Labute approximate surface area is 126 Å². The molecule has 2 aromatic rings. The molecular formula is C16H17NO3S. The van der Waals surface area contributed by atoms with E-state index >= 15 is 0 Å². The molecule has 110 valence electrons. The minimum Gasteiger partial charge on any atom is -0.496 e. The predicted molar refractivity (Wildman–Crippen MR) is 84.3 cm³/mol. The average molecular weight is 303 g/mol. The Kier molecular flexibility index (Phi) is 5.11. The zero-order valence-electron chi connectivity index (χ0n) is 11.7. The molecule has 5 heteroatoms. The van der Waals surface area contributed by atoms with Crippen LogP contribution in [0, 0.1) is 0 Å². The highest BCUT2D eigenvalue weighted by Crippen LogP contribution is 2.32. The molecule has 0 spiro atoms. The molecule has 2 N–H and O–H groups in total. The number of primary amides is 1. The maximum absolute atomic E-state index is 11.9. The number of methoxy groups -OCH3 is 1. The van der Waals surface area contributed by atoms with E-state index in [0.717, 1.165) is 22.4 Å². The van der Waals surface area contributed by atoms with Crippen molar-refractivity contribution >= 4 is 16.7 Å². The monoisotopic (exact) mass is 303 g/mol. The van der Waals surface area contributed by atoms with Crippen LogP contribution in [0.25, 0.3) is 11.1 Å². The van der Waals surface area contributed by atoms with Gasteiger partial charge in [0.15, 0.2) is 0 Å². The molecule has 0 saturated heterocycles. The van der Waals surface area contributed by atoms with Crippen molar-refractivity contribution in [3.63, 3.8) is 0 Å². The molecule has 0 aliphatic rings. The molecule has 1 atom stereocenters. The third kappa shape index (κ3) is 3.92. The number of benzene rings is 2. The van der Waals surface area contributed by atoms with Gasteiger partial charge in [0.25, 0.3) is 0 Å². The molecule has 0 radical (unpaired) electrons. The summed E-state index contributed by atoms with van der Waals surface area (Å²) in [5.74, 6) is 0.367. The first-order valence-corrected chi connectivity index (χ1v) is 7.95. The molecule has 0 bridgehead atoms. The Hall–Kier alpha value is -2.14. The summed E-state index contributed by atoms with van der Waals surface area (Å²) in [5, 5.41) is 0. The van der Waals surface area contributed by atoms with Crippen molar-refractivity contribution < 1.29 is 13.7 Å². The molecule has 1 amide bonds. The molecule has 2 aromatic carbocycles. The standard InChI is InChI=1S/C16H17NO3S/c1-20-15-9-5-4-8-14(15)13-7-3-2-6-12(13)10-21(19)11-16(17)18/h2-9H,10-11H2,1H3,(H2,17,18)/t21-/m1/s1. The lowest BCUT2D eigenvalue weighted by molar-refractivity contribution is -0.115. The smallest absolute Gasteiger partial charge is 0.230 e. The third-order valence-electron chi connectivity index (χ3n) is 3.03. The van der Waals surface area contributed by atoms with Crippen LogP contribution in [-0.4, -0.2) is 23.0 Å². The van der Waals surface area contributed by atoms with Crippen LogP contribution >= 0.6 is 0 Å². The molecule has 0 aliphatic heterocycles. The van der Waals surface area contributed by atoms with Crippen LogP contribution in [0.3, 0.4) is 0 Å². The number of hydrogen-bond donors (Lipinski definition) is 1. The van der Waals surface area contributed by atoms with Crippen molar-refractivity contribution in [1.29, 1.82) is 0 Å². The molecule has 0 fully saturated rings. The molecule has 0 aliphatic carbocycles. The Balaban J connectivity index is 2.37. The van der Waals surface area contributed by atoms with Gasteiger partial charge in [0.05, 0.1) is 7.11 Å². The van der Waals surface area contributed by atoms with E-state index in [1.54, 1.807) is 7.11 Å². The van der Waals surface area contributed by atoms with E-state index in [-0.39, 0.29) is 11.5 Å². The number of carbonyl (C=O) groups excluding carboxylic acids is 1. The van der Waals surface area contributed by atoms with Crippen molar-refractivity contribution in [2.75, 3.05) is 12.9 Å². The minimum atomic E-state index is -1.31. The highest BCUT2D eigenvalue weighted by molar-refractivity contribution is 7.84. The minimum absolute atomic E-state index is 0.125. The second-order valence-corrected chi connectivity index (χ2v) is 6.01. The van der Waals surface area contributed by atoms with Gasteiger partial charge in [0, 0.05) is 22.1 Å². The fraction of sp³-hybridized carbons (Fsp3) is 0.188. The maximum atomic E-state index is 11.9. The Morgan fingerprint density at radius 1 is 1.10 bits per heavy atom. The van der Waals surface area contributed by atoms with Crippen LogP contribution in [0.5, 0.6) is 5.75 Å². The summed E-state index contributed by atoms with van der Waals surface area (Å²) in [4.78, 5) is 10.9. The largest absolute Gasteiger partial charge is 0.496 e. The van der Waals surface area contributed by atoms with Crippen molar-refractivity contribution in [3.8, 4) is 16.9 Å². The van der Waals surface area contributed by atoms with Crippen LogP contribution in [0.15, 0.2) is 48.5 Å². The van der Waals surface area contributed by atoms with Crippen LogP contribution in [-0.2, 0) is 21.3 Å². The van der Waals surface area contributed by atoms with Crippen LogP contribution in [0.2, 0.25) is 0 Å². The summed E-state index contributed by atoms with van der Waals surface area (Å²) in [6.07, 6.45) is 0.